The first-order valence-corrected chi connectivity index (χ1v) is 7.69. The van der Waals surface area contributed by atoms with E-state index in [4.69, 9.17) is 14.3 Å². The summed E-state index contributed by atoms with van der Waals surface area (Å²) in [5.74, 6) is -1.03. The highest BCUT2D eigenvalue weighted by Gasteiger charge is 2.23. The Hall–Kier alpha value is -3.35. The van der Waals surface area contributed by atoms with Crippen LogP contribution in [0.4, 0.5) is 10.8 Å². The highest BCUT2D eigenvalue weighted by Crippen LogP contribution is 2.22. The highest BCUT2D eigenvalue weighted by molar-refractivity contribution is 5.87. The summed E-state index contributed by atoms with van der Waals surface area (Å²) in [6.07, 6.45) is -0.962. The molecule has 3 aromatic rings. The molecule has 128 valence electrons. The predicted octanol–water partition coefficient (Wildman–Crippen LogP) is 3.45. The van der Waals surface area contributed by atoms with Crippen molar-refractivity contribution in [1.29, 1.82) is 0 Å². The zero-order chi connectivity index (χ0) is 17.6. The topological polar surface area (TPSA) is 92.9 Å². The second-order valence-electron chi connectivity index (χ2n) is 5.30. The minimum absolute atomic E-state index is 0.0144. The molecule has 0 spiro atoms. The molecule has 1 aromatic heterocycles. The Morgan fingerprint density at radius 2 is 1.80 bits per heavy atom. The summed E-state index contributed by atoms with van der Waals surface area (Å²) in [4.78, 5) is 28.6. The van der Waals surface area contributed by atoms with Gasteiger partial charge >= 0.3 is 18.1 Å². The Morgan fingerprint density at radius 3 is 2.52 bits per heavy atom. The molecule has 0 bridgehead atoms. The fourth-order valence-corrected chi connectivity index (χ4v) is 2.25. The van der Waals surface area contributed by atoms with Gasteiger partial charge in [-0.3, -0.25) is 4.79 Å². The van der Waals surface area contributed by atoms with E-state index in [1.807, 2.05) is 30.3 Å². The van der Waals surface area contributed by atoms with Crippen molar-refractivity contribution in [3.63, 3.8) is 0 Å². The number of carboxylic acid groups (broad SMARTS) is 1. The van der Waals surface area contributed by atoms with Crippen LogP contribution in [-0.2, 0) is 16.1 Å². The van der Waals surface area contributed by atoms with Crippen molar-refractivity contribution in [3.05, 3.63) is 60.2 Å². The first kappa shape index (κ1) is 16.5. The molecule has 1 amide bonds. The van der Waals surface area contributed by atoms with E-state index in [9.17, 15) is 9.59 Å². The van der Waals surface area contributed by atoms with Crippen molar-refractivity contribution in [1.82, 2.24) is 4.98 Å². The maximum atomic E-state index is 12.4. The highest BCUT2D eigenvalue weighted by atomic mass is 16.6. The Balaban J connectivity index is 1.78. The molecule has 1 heterocycles. The van der Waals surface area contributed by atoms with Gasteiger partial charge in [0.2, 0.25) is 0 Å². The fourth-order valence-electron chi connectivity index (χ4n) is 2.25. The number of benzene rings is 2. The largest absolute Gasteiger partial charge is 0.481 e. The third-order valence-corrected chi connectivity index (χ3v) is 3.49. The van der Waals surface area contributed by atoms with Gasteiger partial charge in [-0.2, -0.15) is 4.98 Å². The van der Waals surface area contributed by atoms with Gasteiger partial charge in [0.05, 0.1) is 6.42 Å². The van der Waals surface area contributed by atoms with Crippen LogP contribution in [0.3, 0.4) is 0 Å². The molecule has 0 fully saturated rings. The number of hydrogen-bond acceptors (Lipinski definition) is 5. The number of rotatable bonds is 6. The summed E-state index contributed by atoms with van der Waals surface area (Å²) in [6, 6.07) is 16.3. The molecule has 0 saturated carbocycles. The molecule has 0 atom stereocenters. The molecule has 3 rings (SSSR count). The summed E-state index contributed by atoms with van der Waals surface area (Å²) in [7, 11) is 0. The lowest BCUT2D eigenvalue weighted by Gasteiger charge is -2.17. The van der Waals surface area contributed by atoms with Crippen molar-refractivity contribution >= 4 is 29.2 Å². The number of carboxylic acids is 1. The van der Waals surface area contributed by atoms with Crippen molar-refractivity contribution in [3.8, 4) is 0 Å². The Morgan fingerprint density at radius 1 is 1.08 bits per heavy atom. The molecule has 0 saturated heterocycles. The summed E-state index contributed by atoms with van der Waals surface area (Å²) >= 11 is 0. The monoisotopic (exact) mass is 340 g/mol. The zero-order valence-electron chi connectivity index (χ0n) is 13.3. The molecule has 0 aliphatic heterocycles. The molecule has 0 unspecified atom stereocenters. The van der Waals surface area contributed by atoms with Crippen LogP contribution in [0.15, 0.2) is 59.0 Å². The van der Waals surface area contributed by atoms with Crippen molar-refractivity contribution < 1.29 is 23.8 Å². The predicted molar refractivity (Wildman–Crippen MR) is 90.2 cm³/mol. The molecule has 7 heteroatoms. The van der Waals surface area contributed by atoms with E-state index < -0.39 is 12.1 Å². The van der Waals surface area contributed by atoms with Gasteiger partial charge in [-0.25, -0.2) is 9.69 Å². The molecule has 25 heavy (non-hydrogen) atoms. The number of aromatic nitrogens is 1. The van der Waals surface area contributed by atoms with Crippen LogP contribution in [0.25, 0.3) is 11.1 Å². The van der Waals surface area contributed by atoms with E-state index in [2.05, 4.69) is 4.98 Å². The molecule has 0 aliphatic carbocycles. The van der Waals surface area contributed by atoms with Crippen molar-refractivity contribution in [2.24, 2.45) is 0 Å². The number of nitrogens with zero attached hydrogens (tertiary/aromatic N) is 2. The zero-order valence-corrected chi connectivity index (χ0v) is 13.3. The second kappa shape index (κ2) is 7.48. The number of ether oxygens (including phenoxy) is 1. The quantitative estimate of drug-likeness (QED) is 0.739. The lowest BCUT2D eigenvalue weighted by Crippen LogP contribution is -2.33. The Kier molecular flexibility index (Phi) is 4.94. The van der Waals surface area contributed by atoms with Crippen LogP contribution in [0, 0.1) is 0 Å². The molecule has 0 aliphatic rings. The van der Waals surface area contributed by atoms with Crippen LogP contribution < -0.4 is 4.90 Å². The summed E-state index contributed by atoms with van der Waals surface area (Å²) < 4.78 is 10.8. The summed E-state index contributed by atoms with van der Waals surface area (Å²) in [5, 5.41) is 8.91. The lowest BCUT2D eigenvalue weighted by atomic mass is 10.2. The van der Waals surface area contributed by atoms with Crippen LogP contribution in [0.1, 0.15) is 12.0 Å². The number of anilines is 1. The molecule has 0 radical (unpaired) electrons. The number of para-hydroxylation sites is 2. The first-order valence-electron chi connectivity index (χ1n) is 7.69. The normalized spacial score (nSPS) is 10.6. The van der Waals surface area contributed by atoms with Gasteiger partial charge < -0.3 is 14.3 Å². The van der Waals surface area contributed by atoms with Crippen LogP contribution >= 0.6 is 0 Å². The molecular formula is C18H16N2O5. The van der Waals surface area contributed by atoms with E-state index in [0.717, 1.165) is 10.5 Å². The Labute approximate surface area is 143 Å². The van der Waals surface area contributed by atoms with Crippen LogP contribution in [0.2, 0.25) is 0 Å². The number of aliphatic carboxylic acids is 1. The lowest BCUT2D eigenvalue weighted by molar-refractivity contribution is -0.136. The number of carbonyl (C=O) groups is 2. The average molecular weight is 340 g/mol. The van der Waals surface area contributed by atoms with Gasteiger partial charge in [0, 0.05) is 6.54 Å². The van der Waals surface area contributed by atoms with E-state index in [-0.39, 0.29) is 25.6 Å². The fraction of sp³-hybridized carbons (Fsp3) is 0.167. The van der Waals surface area contributed by atoms with E-state index in [0.29, 0.717) is 11.1 Å². The van der Waals surface area contributed by atoms with E-state index in [1.54, 1.807) is 24.3 Å². The minimum Gasteiger partial charge on any atom is -0.481 e. The number of oxazole rings is 1. The smallest absolute Gasteiger partial charge is 0.418 e. The SMILES string of the molecule is O=C(O)CCN(C(=O)OCc1ccccc1)c1nc2ccccc2o1. The standard InChI is InChI=1S/C18H16N2O5/c21-16(22)10-11-20(17-19-14-8-4-5-9-15(14)25-17)18(23)24-12-13-6-2-1-3-7-13/h1-9H,10-12H2,(H,21,22). The van der Waals surface area contributed by atoms with E-state index >= 15 is 0 Å². The molecule has 2 aromatic carbocycles. The number of amides is 1. The molecular weight excluding hydrogens is 324 g/mol. The molecule has 1 N–H and O–H groups in total. The number of hydrogen-bond donors (Lipinski definition) is 1. The van der Waals surface area contributed by atoms with Gasteiger partial charge in [0.25, 0.3) is 0 Å². The third-order valence-electron chi connectivity index (χ3n) is 3.49. The van der Waals surface area contributed by atoms with Gasteiger partial charge in [0.1, 0.15) is 12.1 Å². The summed E-state index contributed by atoms with van der Waals surface area (Å²) in [5.41, 5.74) is 1.91. The maximum absolute atomic E-state index is 12.4. The Bertz CT molecular complexity index is 842. The van der Waals surface area contributed by atoms with Crippen molar-refractivity contribution in [2.45, 2.75) is 13.0 Å². The van der Waals surface area contributed by atoms with Gasteiger partial charge in [-0.15, -0.1) is 0 Å². The number of carbonyl (C=O) groups excluding carboxylic acids is 1. The third kappa shape index (κ3) is 4.14. The van der Waals surface area contributed by atoms with Gasteiger partial charge in [-0.05, 0) is 17.7 Å². The van der Waals surface area contributed by atoms with Gasteiger partial charge in [-0.1, -0.05) is 42.5 Å². The second-order valence-corrected chi connectivity index (χ2v) is 5.30. The average Bonchev–Trinajstić information content (AvgIpc) is 3.04. The first-order chi connectivity index (χ1) is 12.1. The minimum atomic E-state index is -1.03. The molecule has 7 nitrogen and oxygen atoms in total. The van der Waals surface area contributed by atoms with Crippen molar-refractivity contribution in [2.75, 3.05) is 11.4 Å². The van der Waals surface area contributed by atoms with Gasteiger partial charge in [0.15, 0.2) is 5.58 Å². The number of fused-ring (bicyclic) bond motifs is 1. The van der Waals surface area contributed by atoms with Crippen LogP contribution in [-0.4, -0.2) is 28.7 Å². The van der Waals surface area contributed by atoms with Crippen LogP contribution in [0.5, 0.6) is 0 Å². The summed E-state index contributed by atoms with van der Waals surface area (Å²) in [6.45, 7) is -0.0285. The van der Waals surface area contributed by atoms with E-state index in [1.165, 1.54) is 0 Å². The maximum Gasteiger partial charge on any atom is 0.418 e.